The highest BCUT2D eigenvalue weighted by atomic mass is 32.2. The number of aryl methyl sites for hydroxylation is 2. The predicted molar refractivity (Wildman–Crippen MR) is 132 cm³/mol. The van der Waals surface area contributed by atoms with Crippen molar-refractivity contribution in [3.63, 3.8) is 0 Å². The Labute approximate surface area is 195 Å². The van der Waals surface area contributed by atoms with Gasteiger partial charge in [0.15, 0.2) is 5.16 Å². The van der Waals surface area contributed by atoms with Crippen LogP contribution in [0.5, 0.6) is 0 Å². The summed E-state index contributed by atoms with van der Waals surface area (Å²) in [4.78, 5) is 41.1. The van der Waals surface area contributed by atoms with E-state index in [-0.39, 0.29) is 11.1 Å². The van der Waals surface area contributed by atoms with Gasteiger partial charge in [-0.25, -0.2) is 9.97 Å². The fourth-order valence-corrected chi connectivity index (χ4v) is 7.37. The summed E-state index contributed by atoms with van der Waals surface area (Å²) in [7, 11) is 1.76. The van der Waals surface area contributed by atoms with Gasteiger partial charge in [0.1, 0.15) is 15.5 Å². The van der Waals surface area contributed by atoms with Crippen LogP contribution < -0.4 is 11.1 Å². The Balaban J connectivity index is 1.33. The number of fused-ring (bicyclic) bond motifs is 4. The van der Waals surface area contributed by atoms with E-state index in [4.69, 9.17) is 4.98 Å². The normalized spacial score (nSPS) is 13.3. The minimum Gasteiger partial charge on any atom is -0.309 e. The monoisotopic (exact) mass is 478 g/mol. The molecule has 0 atom stereocenters. The molecule has 0 bridgehead atoms. The van der Waals surface area contributed by atoms with Crippen LogP contribution >= 0.6 is 34.4 Å². The Kier molecular flexibility index (Phi) is 4.78. The minimum absolute atomic E-state index is 0.0135. The lowest BCUT2D eigenvalue weighted by Crippen LogP contribution is -2.20. The van der Waals surface area contributed by atoms with Gasteiger partial charge in [-0.15, -0.1) is 22.7 Å². The zero-order valence-corrected chi connectivity index (χ0v) is 19.6. The van der Waals surface area contributed by atoms with Crippen molar-refractivity contribution < 1.29 is 0 Å². The van der Waals surface area contributed by atoms with Crippen LogP contribution in [0.4, 0.5) is 0 Å². The molecule has 4 aromatic heterocycles. The highest BCUT2D eigenvalue weighted by Crippen LogP contribution is 2.36. The lowest BCUT2D eigenvalue weighted by molar-refractivity contribution is 0.726. The molecular weight excluding hydrogens is 460 g/mol. The summed E-state index contributed by atoms with van der Waals surface area (Å²) in [5.74, 6) is 1.01. The van der Waals surface area contributed by atoms with Gasteiger partial charge < -0.3 is 4.98 Å². The molecule has 0 fully saturated rings. The third-order valence-electron chi connectivity index (χ3n) is 5.82. The van der Waals surface area contributed by atoms with Gasteiger partial charge in [-0.1, -0.05) is 42.1 Å². The number of aromatic amines is 1. The number of hydrogen-bond acceptors (Lipinski definition) is 7. The maximum absolute atomic E-state index is 13.0. The minimum atomic E-state index is -0.141. The Hall–Kier alpha value is -2.75. The maximum Gasteiger partial charge on any atom is 0.262 e. The van der Waals surface area contributed by atoms with Gasteiger partial charge in [-0.2, -0.15) is 0 Å². The number of H-pyrrole nitrogens is 1. The first kappa shape index (κ1) is 19.9. The molecule has 0 radical (unpaired) electrons. The topological polar surface area (TPSA) is 80.6 Å². The third kappa shape index (κ3) is 3.15. The van der Waals surface area contributed by atoms with Crippen LogP contribution in [-0.2, 0) is 25.6 Å². The van der Waals surface area contributed by atoms with Gasteiger partial charge in [-0.05, 0) is 30.4 Å². The molecule has 5 aromatic rings. The van der Waals surface area contributed by atoms with Crippen LogP contribution in [0.2, 0.25) is 0 Å². The third-order valence-corrected chi connectivity index (χ3v) is 8.92. The van der Waals surface area contributed by atoms with E-state index in [2.05, 4.69) is 9.97 Å². The second-order valence-corrected chi connectivity index (χ2v) is 10.7. The standard InChI is InChI=1S/C23H18N4O2S3/c1-27-22(29)18-13-8-5-9-15(13)32-21(18)26-23(27)31-11-16-24-19(28)17-14(10-30-20(17)25-16)12-6-3-2-4-7-12/h2-4,6-7,10H,5,8-9,11H2,1H3,(H,24,25,28). The zero-order valence-electron chi connectivity index (χ0n) is 17.2. The predicted octanol–water partition coefficient (Wildman–Crippen LogP) is 4.74. The fourth-order valence-electron chi connectivity index (χ4n) is 4.26. The molecule has 9 heteroatoms. The first-order valence-corrected chi connectivity index (χ1v) is 13.0. The first-order valence-electron chi connectivity index (χ1n) is 10.3. The van der Waals surface area contributed by atoms with Crippen molar-refractivity contribution in [2.45, 2.75) is 30.2 Å². The number of aromatic nitrogens is 4. The summed E-state index contributed by atoms with van der Waals surface area (Å²) in [5, 5.41) is 4.03. The molecule has 1 aromatic carbocycles. The molecule has 0 spiro atoms. The number of benzene rings is 1. The van der Waals surface area contributed by atoms with Crippen LogP contribution in [0.1, 0.15) is 22.7 Å². The fraction of sp³-hybridized carbons (Fsp3) is 0.217. The van der Waals surface area contributed by atoms with Gasteiger partial charge in [0.05, 0.1) is 16.5 Å². The van der Waals surface area contributed by atoms with Gasteiger partial charge in [0, 0.05) is 22.9 Å². The van der Waals surface area contributed by atoms with E-state index < -0.39 is 0 Å². The molecule has 0 saturated heterocycles. The zero-order chi connectivity index (χ0) is 21.8. The van der Waals surface area contributed by atoms with Crippen molar-refractivity contribution in [1.82, 2.24) is 19.5 Å². The quantitative estimate of drug-likeness (QED) is 0.298. The van der Waals surface area contributed by atoms with Crippen LogP contribution in [0, 0.1) is 0 Å². The van der Waals surface area contributed by atoms with Crippen molar-refractivity contribution in [2.75, 3.05) is 0 Å². The molecule has 1 aliphatic carbocycles. The molecule has 0 amide bonds. The average molecular weight is 479 g/mol. The van der Waals surface area contributed by atoms with Gasteiger partial charge in [0.2, 0.25) is 0 Å². The van der Waals surface area contributed by atoms with Crippen molar-refractivity contribution >= 4 is 54.9 Å². The van der Waals surface area contributed by atoms with Gasteiger partial charge in [0.25, 0.3) is 11.1 Å². The number of nitrogens with one attached hydrogen (secondary N) is 1. The average Bonchev–Trinajstić information content (AvgIpc) is 3.50. The van der Waals surface area contributed by atoms with Crippen molar-refractivity contribution in [3.8, 4) is 11.1 Å². The van der Waals surface area contributed by atoms with E-state index in [1.165, 1.54) is 33.5 Å². The van der Waals surface area contributed by atoms with Crippen molar-refractivity contribution in [3.05, 3.63) is 72.7 Å². The van der Waals surface area contributed by atoms with Crippen molar-refractivity contribution in [1.29, 1.82) is 0 Å². The Morgan fingerprint density at radius 3 is 2.78 bits per heavy atom. The first-order chi connectivity index (χ1) is 15.6. The highest BCUT2D eigenvalue weighted by molar-refractivity contribution is 7.98. The van der Waals surface area contributed by atoms with Crippen molar-refractivity contribution in [2.24, 2.45) is 7.05 Å². The molecule has 1 N–H and O–H groups in total. The molecule has 6 nitrogen and oxygen atoms in total. The van der Waals surface area contributed by atoms with E-state index >= 15 is 0 Å². The Bertz CT molecular complexity index is 1610. The van der Waals surface area contributed by atoms with Crippen LogP contribution in [-0.4, -0.2) is 19.5 Å². The van der Waals surface area contributed by atoms with E-state index in [0.29, 0.717) is 22.1 Å². The molecule has 4 heterocycles. The van der Waals surface area contributed by atoms with Crippen LogP contribution in [0.3, 0.4) is 0 Å². The molecule has 0 aliphatic heterocycles. The van der Waals surface area contributed by atoms with Gasteiger partial charge in [-0.3, -0.25) is 14.2 Å². The van der Waals surface area contributed by atoms with E-state index in [1.807, 2.05) is 35.7 Å². The summed E-state index contributed by atoms with van der Waals surface area (Å²) in [6, 6.07) is 9.86. The smallest absolute Gasteiger partial charge is 0.262 e. The second-order valence-electron chi connectivity index (χ2n) is 7.79. The largest absolute Gasteiger partial charge is 0.309 e. The number of nitrogens with zero attached hydrogens (tertiary/aromatic N) is 3. The summed E-state index contributed by atoms with van der Waals surface area (Å²) >= 11 is 4.53. The number of thioether (sulfide) groups is 1. The second kappa shape index (κ2) is 7.68. The van der Waals surface area contributed by atoms with Gasteiger partial charge >= 0.3 is 0 Å². The number of rotatable bonds is 4. The summed E-state index contributed by atoms with van der Waals surface area (Å²) in [5.41, 5.74) is 2.97. The molecule has 0 saturated carbocycles. The van der Waals surface area contributed by atoms with E-state index in [1.54, 1.807) is 23.0 Å². The van der Waals surface area contributed by atoms with E-state index in [0.717, 1.165) is 45.4 Å². The summed E-state index contributed by atoms with van der Waals surface area (Å²) in [6.45, 7) is 0. The summed E-state index contributed by atoms with van der Waals surface area (Å²) in [6.07, 6.45) is 3.13. The molecule has 32 heavy (non-hydrogen) atoms. The molecular formula is C23H18N4O2S3. The van der Waals surface area contributed by atoms with Crippen LogP contribution in [0.15, 0.2) is 50.5 Å². The highest BCUT2D eigenvalue weighted by Gasteiger charge is 2.22. The lowest BCUT2D eigenvalue weighted by atomic mass is 10.1. The molecule has 6 rings (SSSR count). The number of hydrogen-bond donors (Lipinski definition) is 1. The van der Waals surface area contributed by atoms with E-state index in [9.17, 15) is 9.59 Å². The molecule has 1 aliphatic rings. The Morgan fingerprint density at radius 2 is 1.94 bits per heavy atom. The lowest BCUT2D eigenvalue weighted by Gasteiger charge is -2.07. The maximum atomic E-state index is 13.0. The summed E-state index contributed by atoms with van der Waals surface area (Å²) < 4.78 is 1.62. The Morgan fingerprint density at radius 1 is 1.09 bits per heavy atom. The number of thiophene rings is 2. The molecule has 0 unspecified atom stereocenters. The molecule has 160 valence electrons. The van der Waals surface area contributed by atoms with Crippen LogP contribution in [0.25, 0.3) is 31.6 Å². The SMILES string of the molecule is Cn1c(SCc2nc3scc(-c4ccccc4)c3c(=O)[nH]2)nc2sc3c(c2c1=O)CCC3.